The Bertz CT molecular complexity index is 375. The maximum atomic E-state index is 13.3. The number of carbonyl (C=O) groups is 1. The lowest BCUT2D eigenvalue weighted by Crippen LogP contribution is -2.34. The van der Waals surface area contributed by atoms with E-state index in [0.717, 1.165) is 5.56 Å². The molecule has 16 heavy (non-hydrogen) atoms. The van der Waals surface area contributed by atoms with Crippen molar-refractivity contribution in [2.24, 2.45) is 5.92 Å². The van der Waals surface area contributed by atoms with Crippen LogP contribution in [0.2, 0.25) is 0 Å². The lowest BCUT2D eigenvalue weighted by Gasteiger charge is -2.33. The van der Waals surface area contributed by atoms with E-state index in [-0.39, 0.29) is 19.3 Å². The molecule has 1 N–H and O–H groups in total. The third-order valence-electron chi connectivity index (χ3n) is 3.11. The summed E-state index contributed by atoms with van der Waals surface area (Å²) in [5.41, 5.74) is 0.733. The molecule has 1 saturated carbocycles. The highest BCUT2D eigenvalue weighted by atomic mass is 32.1. The normalized spacial score (nSPS) is 28.9. The van der Waals surface area contributed by atoms with Crippen LogP contribution in [0.25, 0.3) is 0 Å². The molecule has 0 amide bonds. The number of hydrogen-bond donors (Lipinski definition) is 1. The highest BCUT2D eigenvalue weighted by Gasteiger charge is 2.44. The zero-order valence-corrected chi connectivity index (χ0v) is 9.34. The van der Waals surface area contributed by atoms with E-state index in [1.165, 1.54) is 11.3 Å². The Morgan fingerprint density at radius 3 is 2.88 bits per heavy atom. The van der Waals surface area contributed by atoms with Gasteiger partial charge in [0.15, 0.2) is 0 Å². The quantitative estimate of drug-likeness (QED) is 0.868. The van der Waals surface area contributed by atoms with Crippen LogP contribution < -0.4 is 0 Å². The van der Waals surface area contributed by atoms with E-state index in [4.69, 9.17) is 5.11 Å². The van der Waals surface area contributed by atoms with Gasteiger partial charge in [-0.25, -0.2) is 8.78 Å². The van der Waals surface area contributed by atoms with Crippen LogP contribution in [0.5, 0.6) is 0 Å². The molecule has 0 bridgehead atoms. The maximum Gasteiger partial charge on any atom is 0.307 e. The molecule has 88 valence electrons. The second kappa shape index (κ2) is 4.13. The predicted molar refractivity (Wildman–Crippen MR) is 57.0 cm³/mol. The smallest absolute Gasteiger partial charge is 0.307 e. The molecule has 2 nitrogen and oxygen atoms in total. The molecule has 1 fully saturated rings. The summed E-state index contributed by atoms with van der Waals surface area (Å²) in [5.74, 6) is -4.91. The molecule has 1 aliphatic carbocycles. The monoisotopic (exact) mass is 246 g/mol. The first kappa shape index (κ1) is 11.5. The minimum Gasteiger partial charge on any atom is -0.481 e. The van der Waals surface area contributed by atoms with E-state index in [2.05, 4.69) is 0 Å². The van der Waals surface area contributed by atoms with Crippen molar-refractivity contribution >= 4 is 17.3 Å². The van der Waals surface area contributed by atoms with Gasteiger partial charge in [0.05, 0.1) is 5.92 Å². The Kier molecular flexibility index (Phi) is 2.97. The Morgan fingerprint density at radius 2 is 2.31 bits per heavy atom. The molecule has 2 atom stereocenters. The topological polar surface area (TPSA) is 37.3 Å². The van der Waals surface area contributed by atoms with Gasteiger partial charge < -0.3 is 5.11 Å². The van der Waals surface area contributed by atoms with E-state index < -0.39 is 23.7 Å². The summed E-state index contributed by atoms with van der Waals surface area (Å²) in [7, 11) is 0. The molecular weight excluding hydrogens is 234 g/mol. The van der Waals surface area contributed by atoms with Crippen LogP contribution in [0, 0.1) is 5.92 Å². The zero-order valence-electron chi connectivity index (χ0n) is 8.53. The Hall–Kier alpha value is -0.970. The van der Waals surface area contributed by atoms with E-state index in [1.54, 1.807) is 16.8 Å². The van der Waals surface area contributed by atoms with Crippen LogP contribution in [0.15, 0.2) is 16.8 Å². The van der Waals surface area contributed by atoms with Crippen molar-refractivity contribution in [2.75, 3.05) is 0 Å². The second-order valence-electron chi connectivity index (χ2n) is 4.21. The Labute approximate surface area is 95.9 Å². The summed E-state index contributed by atoms with van der Waals surface area (Å²) in [6, 6.07) is 1.74. The van der Waals surface area contributed by atoms with Crippen molar-refractivity contribution < 1.29 is 18.7 Å². The average molecular weight is 246 g/mol. The van der Waals surface area contributed by atoms with E-state index in [9.17, 15) is 13.6 Å². The van der Waals surface area contributed by atoms with Crippen molar-refractivity contribution in [3.63, 3.8) is 0 Å². The molecule has 2 rings (SSSR count). The highest BCUT2D eigenvalue weighted by molar-refractivity contribution is 7.08. The molecule has 1 aromatic heterocycles. The minimum absolute atomic E-state index is 0.0584. The van der Waals surface area contributed by atoms with Gasteiger partial charge in [0.2, 0.25) is 5.92 Å². The number of halogens is 2. The third-order valence-corrected chi connectivity index (χ3v) is 3.82. The Balaban J connectivity index is 2.25. The van der Waals surface area contributed by atoms with Crippen molar-refractivity contribution in [2.45, 2.75) is 31.1 Å². The van der Waals surface area contributed by atoms with Gasteiger partial charge in [0.1, 0.15) is 0 Å². The van der Waals surface area contributed by atoms with Gasteiger partial charge in [0.25, 0.3) is 0 Å². The van der Waals surface area contributed by atoms with Gasteiger partial charge in [-0.15, -0.1) is 0 Å². The van der Waals surface area contributed by atoms with Gasteiger partial charge in [-0.1, -0.05) is 0 Å². The third kappa shape index (κ3) is 2.24. The first-order valence-electron chi connectivity index (χ1n) is 5.12. The molecule has 0 aliphatic heterocycles. The standard InChI is InChI=1S/C11H12F2O2S/c12-11(13)3-1-8(10(14)15)9(5-11)7-2-4-16-6-7/h2,4,6,8-9H,1,3,5H2,(H,14,15). The van der Waals surface area contributed by atoms with E-state index in [1.807, 2.05) is 0 Å². The average Bonchev–Trinajstić information content (AvgIpc) is 2.68. The summed E-state index contributed by atoms with van der Waals surface area (Å²) < 4.78 is 26.6. The first-order valence-corrected chi connectivity index (χ1v) is 6.06. The van der Waals surface area contributed by atoms with E-state index >= 15 is 0 Å². The molecule has 5 heteroatoms. The Morgan fingerprint density at radius 1 is 1.56 bits per heavy atom. The minimum atomic E-state index is -2.72. The van der Waals surface area contributed by atoms with Crippen LogP contribution in [-0.2, 0) is 4.79 Å². The number of hydrogen-bond acceptors (Lipinski definition) is 2. The predicted octanol–water partition coefficient (Wildman–Crippen LogP) is 3.35. The van der Waals surface area contributed by atoms with Crippen LogP contribution >= 0.6 is 11.3 Å². The molecule has 0 saturated heterocycles. The molecule has 2 unspecified atom stereocenters. The number of thiophene rings is 1. The summed E-state index contributed by atoms with van der Waals surface area (Å²) in [6.45, 7) is 0. The summed E-state index contributed by atoms with van der Waals surface area (Å²) in [5, 5.41) is 12.6. The molecule has 0 spiro atoms. The van der Waals surface area contributed by atoms with Crippen LogP contribution in [0.4, 0.5) is 8.78 Å². The zero-order chi connectivity index (χ0) is 11.8. The number of carboxylic acid groups (broad SMARTS) is 1. The number of aliphatic carboxylic acids is 1. The van der Waals surface area contributed by atoms with Crippen molar-refractivity contribution in [1.29, 1.82) is 0 Å². The first-order chi connectivity index (χ1) is 7.49. The van der Waals surface area contributed by atoms with Crippen LogP contribution in [0.3, 0.4) is 0 Å². The highest BCUT2D eigenvalue weighted by Crippen LogP contribution is 2.45. The summed E-state index contributed by atoms with van der Waals surface area (Å²) >= 11 is 1.41. The van der Waals surface area contributed by atoms with Gasteiger partial charge >= 0.3 is 5.97 Å². The molecule has 1 heterocycles. The van der Waals surface area contributed by atoms with Gasteiger partial charge in [-0.05, 0) is 28.8 Å². The fourth-order valence-corrected chi connectivity index (χ4v) is 2.99. The fraction of sp³-hybridized carbons (Fsp3) is 0.545. The number of rotatable bonds is 2. The van der Waals surface area contributed by atoms with Crippen LogP contribution in [0.1, 0.15) is 30.7 Å². The van der Waals surface area contributed by atoms with Crippen molar-refractivity contribution in [3.05, 3.63) is 22.4 Å². The summed E-state index contributed by atoms with van der Waals surface area (Å²) in [4.78, 5) is 11.0. The second-order valence-corrected chi connectivity index (χ2v) is 4.99. The van der Waals surface area contributed by atoms with Gasteiger partial charge in [0, 0.05) is 18.8 Å². The molecule has 1 aromatic rings. The largest absolute Gasteiger partial charge is 0.481 e. The van der Waals surface area contributed by atoms with Crippen molar-refractivity contribution in [3.8, 4) is 0 Å². The molecular formula is C11H12F2O2S. The van der Waals surface area contributed by atoms with Gasteiger partial charge in [-0.2, -0.15) is 11.3 Å². The van der Waals surface area contributed by atoms with Gasteiger partial charge in [-0.3, -0.25) is 4.79 Å². The van der Waals surface area contributed by atoms with E-state index in [0.29, 0.717) is 0 Å². The molecule has 0 aromatic carbocycles. The number of alkyl halides is 2. The molecule has 0 radical (unpaired) electrons. The van der Waals surface area contributed by atoms with Crippen molar-refractivity contribution in [1.82, 2.24) is 0 Å². The maximum absolute atomic E-state index is 13.3. The summed E-state index contributed by atoms with van der Waals surface area (Å²) in [6.07, 6.45) is -0.603. The van der Waals surface area contributed by atoms with Crippen LogP contribution in [-0.4, -0.2) is 17.0 Å². The fourth-order valence-electron chi connectivity index (χ4n) is 2.27. The lowest BCUT2D eigenvalue weighted by molar-refractivity contribution is -0.147. The lowest BCUT2D eigenvalue weighted by atomic mass is 9.74. The number of carboxylic acids is 1. The SMILES string of the molecule is O=C(O)C1CCC(F)(F)CC1c1ccsc1. The molecule has 1 aliphatic rings.